The maximum Gasteiger partial charge on any atom is 0.273 e. The molecular formula is C22H21N3O3. The van der Waals surface area contributed by atoms with Crippen molar-refractivity contribution in [3.05, 3.63) is 106 Å². The molecule has 0 bridgehead atoms. The minimum Gasteiger partial charge on any atom is -0.322 e. The Hall–Kier alpha value is -3.51. The van der Waals surface area contributed by atoms with Crippen molar-refractivity contribution in [1.29, 1.82) is 0 Å². The van der Waals surface area contributed by atoms with Crippen LogP contribution in [0.3, 0.4) is 0 Å². The van der Waals surface area contributed by atoms with E-state index in [0.29, 0.717) is 24.2 Å². The highest BCUT2D eigenvalue weighted by Gasteiger charge is 2.14. The van der Waals surface area contributed by atoms with Crippen molar-refractivity contribution in [2.75, 3.05) is 12.4 Å². The van der Waals surface area contributed by atoms with Crippen LogP contribution in [0.25, 0.3) is 0 Å². The Labute approximate surface area is 163 Å². The van der Waals surface area contributed by atoms with Gasteiger partial charge in [0.05, 0.1) is 4.92 Å². The van der Waals surface area contributed by atoms with E-state index in [-0.39, 0.29) is 16.5 Å². The number of benzene rings is 3. The number of nitrogens with one attached hydrogen (secondary N) is 1. The van der Waals surface area contributed by atoms with E-state index in [1.54, 1.807) is 30.3 Å². The van der Waals surface area contributed by atoms with Gasteiger partial charge in [-0.25, -0.2) is 0 Å². The molecule has 0 heterocycles. The highest BCUT2D eigenvalue weighted by Crippen LogP contribution is 2.20. The van der Waals surface area contributed by atoms with Crippen molar-refractivity contribution in [3.63, 3.8) is 0 Å². The fourth-order valence-electron chi connectivity index (χ4n) is 2.97. The van der Waals surface area contributed by atoms with Crippen LogP contribution in [0.2, 0.25) is 0 Å². The minimum absolute atomic E-state index is 0.127. The number of nitrogens with zero attached hydrogens (tertiary/aromatic N) is 2. The van der Waals surface area contributed by atoms with Gasteiger partial charge in [0, 0.05) is 36.0 Å². The van der Waals surface area contributed by atoms with Gasteiger partial charge in [-0.2, -0.15) is 0 Å². The molecule has 6 nitrogen and oxygen atoms in total. The van der Waals surface area contributed by atoms with Crippen LogP contribution < -0.4 is 5.32 Å². The maximum absolute atomic E-state index is 12.3. The topological polar surface area (TPSA) is 75.5 Å². The SMILES string of the molecule is CN(Cc1ccc(C(=O)Nc2ccccc2)cc1)Cc1ccccc1[N+](=O)[O-]. The zero-order valence-electron chi connectivity index (χ0n) is 15.5. The zero-order chi connectivity index (χ0) is 19.9. The summed E-state index contributed by atoms with van der Waals surface area (Å²) in [6.45, 7) is 1.08. The smallest absolute Gasteiger partial charge is 0.273 e. The van der Waals surface area contributed by atoms with E-state index >= 15 is 0 Å². The van der Waals surface area contributed by atoms with Crippen LogP contribution in [0.15, 0.2) is 78.9 Å². The quantitative estimate of drug-likeness (QED) is 0.488. The summed E-state index contributed by atoms with van der Waals surface area (Å²) in [5.74, 6) is -0.161. The monoisotopic (exact) mass is 375 g/mol. The van der Waals surface area contributed by atoms with Gasteiger partial charge >= 0.3 is 0 Å². The van der Waals surface area contributed by atoms with Crippen LogP contribution in [0, 0.1) is 10.1 Å². The molecular weight excluding hydrogens is 354 g/mol. The number of para-hydroxylation sites is 2. The Kier molecular flexibility index (Phi) is 6.14. The maximum atomic E-state index is 12.3. The number of nitro groups is 1. The number of hydrogen-bond donors (Lipinski definition) is 1. The van der Waals surface area contributed by atoms with Gasteiger partial charge in [-0.3, -0.25) is 19.8 Å². The summed E-state index contributed by atoms with van der Waals surface area (Å²) in [6, 6.07) is 23.4. The average molecular weight is 375 g/mol. The number of carbonyl (C=O) groups is 1. The molecule has 0 aliphatic rings. The highest BCUT2D eigenvalue weighted by molar-refractivity contribution is 6.04. The summed E-state index contributed by atoms with van der Waals surface area (Å²) in [6.07, 6.45) is 0. The molecule has 0 spiro atoms. The number of anilines is 1. The van der Waals surface area contributed by atoms with E-state index in [1.807, 2.05) is 54.4 Å². The standard InChI is InChI=1S/C22H21N3O3/c1-24(16-19-7-5-6-10-21(19)25(27)28)15-17-11-13-18(14-12-17)22(26)23-20-8-3-2-4-9-20/h2-14H,15-16H2,1H3,(H,23,26). The van der Waals surface area contributed by atoms with Crippen molar-refractivity contribution < 1.29 is 9.72 Å². The highest BCUT2D eigenvalue weighted by atomic mass is 16.6. The first kappa shape index (κ1) is 19.3. The molecule has 0 aliphatic heterocycles. The summed E-state index contributed by atoms with van der Waals surface area (Å²) in [4.78, 5) is 25.1. The summed E-state index contributed by atoms with van der Waals surface area (Å²) >= 11 is 0. The molecule has 0 fully saturated rings. The molecule has 3 aromatic carbocycles. The fraction of sp³-hybridized carbons (Fsp3) is 0.136. The molecule has 3 aromatic rings. The average Bonchev–Trinajstić information content (AvgIpc) is 2.69. The first-order valence-electron chi connectivity index (χ1n) is 8.89. The van der Waals surface area contributed by atoms with Crippen LogP contribution in [0.4, 0.5) is 11.4 Å². The lowest BCUT2D eigenvalue weighted by molar-refractivity contribution is -0.385. The molecule has 0 saturated carbocycles. The molecule has 0 atom stereocenters. The summed E-state index contributed by atoms with van der Waals surface area (Å²) < 4.78 is 0. The molecule has 3 rings (SSSR count). The third-order valence-electron chi connectivity index (χ3n) is 4.33. The van der Waals surface area contributed by atoms with Gasteiger partial charge < -0.3 is 5.32 Å². The van der Waals surface area contributed by atoms with Gasteiger partial charge in [-0.05, 0) is 36.9 Å². The summed E-state index contributed by atoms with van der Waals surface area (Å²) in [5.41, 5.74) is 3.16. The Bertz CT molecular complexity index is 956. The Morgan fingerprint density at radius 3 is 2.25 bits per heavy atom. The first-order valence-corrected chi connectivity index (χ1v) is 8.89. The molecule has 28 heavy (non-hydrogen) atoms. The van der Waals surface area contributed by atoms with Gasteiger partial charge in [0.2, 0.25) is 0 Å². The molecule has 0 aliphatic carbocycles. The van der Waals surface area contributed by atoms with Crippen molar-refractivity contribution >= 4 is 17.3 Å². The van der Waals surface area contributed by atoms with Gasteiger partial charge in [0.25, 0.3) is 11.6 Å². The van der Waals surface area contributed by atoms with Gasteiger partial charge in [-0.15, -0.1) is 0 Å². The van der Waals surface area contributed by atoms with Crippen molar-refractivity contribution in [3.8, 4) is 0 Å². The second-order valence-electron chi connectivity index (χ2n) is 6.58. The van der Waals surface area contributed by atoms with Crippen LogP contribution in [0.1, 0.15) is 21.5 Å². The Morgan fingerprint density at radius 1 is 0.929 bits per heavy atom. The Morgan fingerprint density at radius 2 is 1.57 bits per heavy atom. The van der Waals surface area contributed by atoms with Crippen LogP contribution in [-0.2, 0) is 13.1 Å². The number of nitro benzene ring substituents is 1. The second kappa shape index (κ2) is 8.92. The molecule has 0 aromatic heterocycles. The van der Waals surface area contributed by atoms with Crippen molar-refractivity contribution in [2.45, 2.75) is 13.1 Å². The van der Waals surface area contributed by atoms with Crippen LogP contribution >= 0.6 is 0 Å². The molecule has 142 valence electrons. The van der Waals surface area contributed by atoms with Crippen molar-refractivity contribution in [1.82, 2.24) is 4.90 Å². The largest absolute Gasteiger partial charge is 0.322 e. The van der Waals surface area contributed by atoms with E-state index in [1.165, 1.54) is 6.07 Å². The van der Waals surface area contributed by atoms with Crippen LogP contribution in [0.5, 0.6) is 0 Å². The Balaban J connectivity index is 1.61. The van der Waals surface area contributed by atoms with E-state index < -0.39 is 0 Å². The minimum atomic E-state index is -0.358. The lowest BCUT2D eigenvalue weighted by Gasteiger charge is -2.17. The summed E-state index contributed by atoms with van der Waals surface area (Å²) in [5, 5.41) is 14.0. The van der Waals surface area contributed by atoms with Gasteiger partial charge in [-0.1, -0.05) is 48.5 Å². The predicted molar refractivity (Wildman–Crippen MR) is 109 cm³/mol. The number of carbonyl (C=O) groups excluding carboxylic acids is 1. The predicted octanol–water partition coefficient (Wildman–Crippen LogP) is 4.48. The first-order chi connectivity index (χ1) is 13.5. The van der Waals surface area contributed by atoms with Gasteiger partial charge in [0.1, 0.15) is 0 Å². The number of rotatable bonds is 7. The molecule has 0 unspecified atom stereocenters. The lowest BCUT2D eigenvalue weighted by Crippen LogP contribution is -2.18. The third kappa shape index (κ3) is 5.02. The zero-order valence-corrected chi connectivity index (χ0v) is 15.5. The second-order valence-corrected chi connectivity index (χ2v) is 6.58. The van der Waals surface area contributed by atoms with E-state index in [9.17, 15) is 14.9 Å². The van der Waals surface area contributed by atoms with E-state index in [2.05, 4.69) is 5.32 Å². The third-order valence-corrected chi connectivity index (χ3v) is 4.33. The van der Waals surface area contributed by atoms with Crippen LogP contribution in [-0.4, -0.2) is 22.8 Å². The fourth-order valence-corrected chi connectivity index (χ4v) is 2.97. The van der Waals surface area contributed by atoms with E-state index in [4.69, 9.17) is 0 Å². The normalized spacial score (nSPS) is 10.6. The van der Waals surface area contributed by atoms with Gasteiger partial charge in [0.15, 0.2) is 0 Å². The lowest BCUT2D eigenvalue weighted by atomic mass is 10.1. The molecule has 0 radical (unpaired) electrons. The molecule has 6 heteroatoms. The van der Waals surface area contributed by atoms with E-state index in [0.717, 1.165) is 11.3 Å². The number of hydrogen-bond acceptors (Lipinski definition) is 4. The van der Waals surface area contributed by atoms with Crippen molar-refractivity contribution in [2.24, 2.45) is 0 Å². The number of amides is 1. The molecule has 0 saturated heterocycles. The summed E-state index contributed by atoms with van der Waals surface area (Å²) in [7, 11) is 1.91. The molecule has 1 amide bonds. The molecule has 1 N–H and O–H groups in total.